The number of benzene rings is 2. The van der Waals surface area contributed by atoms with E-state index in [1.54, 1.807) is 82.4 Å². The van der Waals surface area contributed by atoms with Crippen molar-refractivity contribution in [2.45, 2.75) is 76.2 Å². The highest BCUT2D eigenvalue weighted by atomic mass is 79.9. The van der Waals surface area contributed by atoms with Crippen molar-refractivity contribution in [3.63, 3.8) is 0 Å². The normalized spacial score (nSPS) is 19.2. The van der Waals surface area contributed by atoms with Gasteiger partial charge in [0.05, 0.1) is 29.9 Å². The standard InChI is InChI=1S/C34H45BrN6O8/c1-34(2,3)41(16-8-11-26(41)31(37)46)33(48)30(45)24(17-21-9-6-5-7-10-21)39-32(47)25(18-27(36)42)38-28(43)20-49-23-14-12-22(13-15-23)40(4)29(44)19-35/h5-7,9-10,12-15,24-26,30,45H,8,11,16-20H2,1-4H3,(H5-,36,37,38,39,42,43,46,47)/p+1/t24-,25-,26-,30-,41?/m0/s1. The first kappa shape index (κ1) is 39.1. The lowest BCUT2D eigenvalue weighted by molar-refractivity contribution is -0.904. The zero-order valence-corrected chi connectivity index (χ0v) is 29.8. The van der Waals surface area contributed by atoms with Crippen LogP contribution in [0.5, 0.6) is 5.75 Å². The first-order chi connectivity index (χ1) is 23.0. The van der Waals surface area contributed by atoms with Crippen LogP contribution in [0, 0.1) is 0 Å². The number of quaternary nitrogens is 1. The summed E-state index contributed by atoms with van der Waals surface area (Å²) in [5, 5.41) is 16.9. The first-order valence-electron chi connectivity index (χ1n) is 15.9. The number of amides is 6. The van der Waals surface area contributed by atoms with Crippen molar-refractivity contribution in [3.8, 4) is 5.75 Å². The van der Waals surface area contributed by atoms with Gasteiger partial charge in [0.2, 0.25) is 17.7 Å². The minimum Gasteiger partial charge on any atom is -0.484 e. The Labute approximate surface area is 294 Å². The van der Waals surface area contributed by atoms with E-state index in [0.717, 1.165) is 0 Å². The molecule has 0 spiro atoms. The lowest BCUT2D eigenvalue weighted by Gasteiger charge is -2.47. The van der Waals surface area contributed by atoms with Crippen LogP contribution in [-0.2, 0) is 35.2 Å². The number of aliphatic hydroxyl groups excluding tert-OH is 1. The highest BCUT2D eigenvalue weighted by Crippen LogP contribution is 2.38. The number of carbonyl (C=O) groups excluding carboxylic acids is 6. The smallest absolute Gasteiger partial charge is 0.345 e. The van der Waals surface area contributed by atoms with E-state index < -0.39 is 76.8 Å². The molecule has 2 aromatic rings. The quantitative estimate of drug-likeness (QED) is 0.129. The van der Waals surface area contributed by atoms with Crippen LogP contribution in [0.3, 0.4) is 0 Å². The molecule has 15 heteroatoms. The summed E-state index contributed by atoms with van der Waals surface area (Å²) in [6.07, 6.45) is -1.45. The van der Waals surface area contributed by atoms with Gasteiger partial charge in [-0.2, -0.15) is 0 Å². The van der Waals surface area contributed by atoms with Gasteiger partial charge >= 0.3 is 5.91 Å². The largest absolute Gasteiger partial charge is 0.484 e. The van der Waals surface area contributed by atoms with E-state index >= 15 is 0 Å². The molecule has 0 bridgehead atoms. The first-order valence-corrected chi connectivity index (χ1v) is 17.0. The SMILES string of the molecule is CN(C(=O)CBr)c1ccc(OCC(=O)N[C@@H](CC(N)=O)C(=O)N[C@@H](Cc2ccccc2)[C@H](O)C(=O)[N+]2(C(C)(C)C)CCC[C@H]2C(N)=O)cc1. The fourth-order valence-electron chi connectivity index (χ4n) is 6.26. The Balaban J connectivity index is 1.81. The second-order valence-corrected chi connectivity index (χ2v) is 13.6. The average molecular weight is 747 g/mol. The van der Waals surface area contributed by atoms with Gasteiger partial charge in [0.1, 0.15) is 11.8 Å². The molecular weight excluding hydrogens is 700 g/mol. The maximum atomic E-state index is 14.3. The number of hydrogen-bond donors (Lipinski definition) is 5. The zero-order chi connectivity index (χ0) is 36.5. The predicted molar refractivity (Wildman–Crippen MR) is 185 cm³/mol. The fourth-order valence-corrected chi connectivity index (χ4v) is 6.64. The van der Waals surface area contributed by atoms with E-state index in [1.165, 1.54) is 4.90 Å². The molecule has 5 atom stereocenters. The zero-order valence-electron chi connectivity index (χ0n) is 28.2. The van der Waals surface area contributed by atoms with Crippen molar-refractivity contribution in [2.24, 2.45) is 11.5 Å². The highest BCUT2D eigenvalue weighted by molar-refractivity contribution is 9.09. The number of halogens is 1. The number of likely N-dealkylation sites (tertiary alicyclic amines) is 1. The molecule has 0 aliphatic carbocycles. The summed E-state index contributed by atoms with van der Waals surface area (Å²) in [6, 6.07) is 11.7. The second-order valence-electron chi connectivity index (χ2n) is 13.1. The maximum Gasteiger partial charge on any atom is 0.345 e. The highest BCUT2D eigenvalue weighted by Gasteiger charge is 2.60. The van der Waals surface area contributed by atoms with Crippen molar-refractivity contribution in [3.05, 3.63) is 60.2 Å². The number of nitrogens with zero attached hydrogens (tertiary/aromatic N) is 2. The monoisotopic (exact) mass is 745 g/mol. The lowest BCUT2D eigenvalue weighted by Crippen LogP contribution is -2.72. The Bertz CT molecular complexity index is 1520. The van der Waals surface area contributed by atoms with Gasteiger partial charge in [-0.1, -0.05) is 46.3 Å². The van der Waals surface area contributed by atoms with Crippen LogP contribution in [0.4, 0.5) is 5.69 Å². The third kappa shape index (κ3) is 9.64. The molecule has 14 nitrogen and oxygen atoms in total. The number of primary amides is 2. The molecule has 0 saturated carbocycles. The molecule has 2 aromatic carbocycles. The van der Waals surface area contributed by atoms with Gasteiger partial charge in [-0.3, -0.25) is 24.0 Å². The van der Waals surface area contributed by atoms with Gasteiger partial charge < -0.3 is 36.8 Å². The van der Waals surface area contributed by atoms with Crippen LogP contribution in [0.2, 0.25) is 0 Å². The molecule has 6 amide bonds. The summed E-state index contributed by atoms with van der Waals surface area (Å²) in [6.45, 7) is 5.13. The summed E-state index contributed by atoms with van der Waals surface area (Å²) in [5.41, 5.74) is 11.6. The van der Waals surface area contributed by atoms with Crippen molar-refractivity contribution in [2.75, 3.05) is 30.4 Å². The van der Waals surface area contributed by atoms with Crippen LogP contribution in [0.1, 0.15) is 45.6 Å². The predicted octanol–water partition coefficient (Wildman–Crippen LogP) is 0.661. The summed E-state index contributed by atoms with van der Waals surface area (Å²) < 4.78 is 5.14. The number of nitrogens with two attached hydrogens (primary N) is 2. The maximum absolute atomic E-state index is 14.3. The molecule has 1 aliphatic heterocycles. The Hall–Kier alpha value is -4.34. The van der Waals surface area contributed by atoms with E-state index in [-0.39, 0.29) is 24.2 Å². The number of carbonyl (C=O) groups is 6. The molecule has 1 fully saturated rings. The molecule has 0 radical (unpaired) electrons. The van der Waals surface area contributed by atoms with E-state index in [9.17, 15) is 33.9 Å². The summed E-state index contributed by atoms with van der Waals surface area (Å²) in [5.74, 6) is -3.66. The molecular formula is C34H46BrN6O8+. The van der Waals surface area contributed by atoms with Crippen LogP contribution >= 0.6 is 15.9 Å². The van der Waals surface area contributed by atoms with E-state index in [4.69, 9.17) is 16.2 Å². The minimum absolute atomic E-state index is 0.0115. The molecule has 7 N–H and O–H groups in total. The van der Waals surface area contributed by atoms with Crippen molar-refractivity contribution < 1.29 is 43.1 Å². The summed E-state index contributed by atoms with van der Waals surface area (Å²) >= 11 is 3.12. The molecule has 0 aromatic heterocycles. The Kier molecular flexibility index (Phi) is 13.4. The second kappa shape index (κ2) is 16.9. The number of nitrogens with one attached hydrogen (secondary N) is 2. The Morgan fingerprint density at radius 1 is 1.02 bits per heavy atom. The summed E-state index contributed by atoms with van der Waals surface area (Å²) in [4.78, 5) is 78.7. The van der Waals surface area contributed by atoms with E-state index in [2.05, 4.69) is 26.6 Å². The van der Waals surface area contributed by atoms with Crippen molar-refractivity contribution in [1.82, 2.24) is 10.6 Å². The van der Waals surface area contributed by atoms with E-state index in [1.807, 2.05) is 0 Å². The van der Waals surface area contributed by atoms with Gasteiger partial charge in [0.25, 0.3) is 11.8 Å². The third-order valence-corrected chi connectivity index (χ3v) is 9.32. The van der Waals surface area contributed by atoms with E-state index in [0.29, 0.717) is 29.8 Å². The summed E-state index contributed by atoms with van der Waals surface area (Å²) in [7, 11) is 1.62. The third-order valence-electron chi connectivity index (χ3n) is 8.84. The number of hydrogen-bond acceptors (Lipinski definition) is 8. The van der Waals surface area contributed by atoms with Crippen molar-refractivity contribution >= 4 is 57.1 Å². The number of rotatable bonds is 15. The van der Waals surface area contributed by atoms with Crippen LogP contribution in [0.25, 0.3) is 0 Å². The molecule has 1 saturated heterocycles. The number of anilines is 1. The molecule has 1 heterocycles. The molecule has 1 aliphatic rings. The van der Waals surface area contributed by atoms with Gasteiger partial charge in [0, 0.05) is 25.6 Å². The molecule has 49 heavy (non-hydrogen) atoms. The lowest BCUT2D eigenvalue weighted by atomic mass is 9.93. The van der Waals surface area contributed by atoms with Gasteiger partial charge in [-0.05, 0) is 57.0 Å². The van der Waals surface area contributed by atoms with Gasteiger partial charge in [-0.15, -0.1) is 0 Å². The number of alkyl halides is 1. The average Bonchev–Trinajstić information content (AvgIpc) is 3.53. The Morgan fingerprint density at radius 3 is 2.20 bits per heavy atom. The minimum atomic E-state index is -1.79. The van der Waals surface area contributed by atoms with Gasteiger partial charge in [-0.25, -0.2) is 9.28 Å². The number of ether oxygens (including phenoxy) is 1. The topological polar surface area (TPSA) is 211 Å². The molecule has 1 unspecified atom stereocenters. The Morgan fingerprint density at radius 2 is 1.65 bits per heavy atom. The fraction of sp³-hybridized carbons (Fsp3) is 0.471. The van der Waals surface area contributed by atoms with Crippen LogP contribution in [-0.4, -0.2) is 100 Å². The molecule has 3 rings (SSSR count). The van der Waals surface area contributed by atoms with Crippen molar-refractivity contribution in [1.29, 1.82) is 0 Å². The van der Waals surface area contributed by atoms with Crippen LogP contribution in [0.15, 0.2) is 54.6 Å². The van der Waals surface area contributed by atoms with Gasteiger partial charge in [0.15, 0.2) is 18.8 Å². The molecule has 266 valence electrons. The van der Waals surface area contributed by atoms with Crippen LogP contribution < -0.4 is 31.7 Å². The number of aliphatic hydroxyl groups is 1.